The predicted molar refractivity (Wildman–Crippen MR) is 76.6 cm³/mol. The van der Waals surface area contributed by atoms with Crippen LogP contribution < -0.4 is 4.74 Å². The van der Waals surface area contributed by atoms with Crippen LogP contribution in [0.1, 0.15) is 37.7 Å². The number of nitrogens with zero attached hydrogens (tertiary/aromatic N) is 5. The van der Waals surface area contributed by atoms with Gasteiger partial charge in [-0.1, -0.05) is 6.92 Å². The highest BCUT2D eigenvalue weighted by Crippen LogP contribution is 2.18. The third kappa shape index (κ3) is 2.90. The number of hydrogen-bond acceptors (Lipinski definition) is 5. The zero-order chi connectivity index (χ0) is 14.9. The Morgan fingerprint density at radius 2 is 1.90 bits per heavy atom. The molecule has 0 fully saturated rings. The topological polar surface area (TPSA) is 65.7 Å². The molecule has 0 saturated carbocycles. The fourth-order valence-corrected chi connectivity index (χ4v) is 2.21. The van der Waals surface area contributed by atoms with E-state index in [1.54, 1.807) is 4.68 Å². The first-order chi connectivity index (χ1) is 9.42. The van der Waals surface area contributed by atoms with E-state index in [1.165, 1.54) is 5.56 Å². The van der Waals surface area contributed by atoms with Crippen molar-refractivity contribution in [3.05, 3.63) is 22.2 Å². The zero-order valence-electron chi connectivity index (χ0n) is 12.3. The smallest absolute Gasteiger partial charge is 0.322 e. The Hall–Kier alpha value is -1.69. The van der Waals surface area contributed by atoms with Crippen molar-refractivity contribution in [1.82, 2.24) is 24.7 Å². The normalized spacial score (nSPS) is 11.2. The lowest BCUT2D eigenvalue weighted by Gasteiger charge is -2.09. The first-order valence-electron chi connectivity index (χ1n) is 6.56. The second-order valence-corrected chi connectivity index (χ2v) is 5.11. The average molecular weight is 296 g/mol. The molecule has 2 heterocycles. The van der Waals surface area contributed by atoms with Crippen LogP contribution in [0, 0.1) is 13.8 Å². The summed E-state index contributed by atoms with van der Waals surface area (Å²) in [5.74, 6) is 0.376. The maximum absolute atomic E-state index is 5.93. The molecule has 2 aromatic rings. The fourth-order valence-electron chi connectivity index (χ4n) is 2.06. The molecule has 0 amide bonds. The Labute approximate surface area is 123 Å². The highest BCUT2D eigenvalue weighted by molar-refractivity contribution is 6.28. The molecule has 0 aliphatic heterocycles. The minimum absolute atomic E-state index is 0.0343. The van der Waals surface area contributed by atoms with E-state index in [9.17, 15) is 0 Å². The quantitative estimate of drug-likeness (QED) is 0.867. The highest BCUT2D eigenvalue weighted by Gasteiger charge is 2.15. The van der Waals surface area contributed by atoms with Crippen molar-refractivity contribution in [1.29, 1.82) is 0 Å². The molecule has 7 heteroatoms. The van der Waals surface area contributed by atoms with E-state index in [-0.39, 0.29) is 17.4 Å². The Balaban J connectivity index is 2.50. The summed E-state index contributed by atoms with van der Waals surface area (Å²) < 4.78 is 7.15. The zero-order valence-corrected chi connectivity index (χ0v) is 13.1. The summed E-state index contributed by atoms with van der Waals surface area (Å²) in [6.07, 6.45) is 0.874. The van der Waals surface area contributed by atoms with Crippen LogP contribution in [0.3, 0.4) is 0 Å². The van der Waals surface area contributed by atoms with Crippen LogP contribution >= 0.6 is 11.6 Å². The van der Waals surface area contributed by atoms with Gasteiger partial charge in [0.1, 0.15) is 0 Å². The van der Waals surface area contributed by atoms with Crippen LogP contribution in [-0.4, -0.2) is 30.8 Å². The molecule has 2 rings (SSSR count). The predicted octanol–water partition coefficient (Wildman–Crippen LogP) is 2.68. The molecule has 20 heavy (non-hydrogen) atoms. The minimum atomic E-state index is -0.0343. The third-order valence-corrected chi connectivity index (χ3v) is 3.07. The van der Waals surface area contributed by atoms with Gasteiger partial charge in [0, 0.05) is 5.69 Å². The average Bonchev–Trinajstić information content (AvgIpc) is 2.62. The first-order valence-corrected chi connectivity index (χ1v) is 6.93. The molecule has 0 unspecified atom stereocenters. The minimum Gasteiger partial charge on any atom is -0.461 e. The van der Waals surface area contributed by atoms with Gasteiger partial charge in [0.15, 0.2) is 0 Å². The lowest BCUT2D eigenvalue weighted by molar-refractivity contribution is 0.221. The molecule has 2 aromatic heterocycles. The van der Waals surface area contributed by atoms with Crippen LogP contribution in [0.15, 0.2) is 0 Å². The van der Waals surface area contributed by atoms with Crippen LogP contribution in [-0.2, 0) is 6.42 Å². The summed E-state index contributed by atoms with van der Waals surface area (Å²) in [6, 6.07) is 0.209. The van der Waals surface area contributed by atoms with E-state index in [2.05, 4.69) is 27.0 Å². The van der Waals surface area contributed by atoms with Crippen molar-refractivity contribution in [3.63, 3.8) is 0 Å². The summed E-state index contributed by atoms with van der Waals surface area (Å²) in [5.41, 5.74) is 3.16. The Morgan fingerprint density at radius 3 is 2.45 bits per heavy atom. The molecule has 6 nitrogen and oxygen atoms in total. The van der Waals surface area contributed by atoms with Gasteiger partial charge in [-0.3, -0.25) is 0 Å². The van der Waals surface area contributed by atoms with Gasteiger partial charge in [-0.05, 0) is 51.3 Å². The molecule has 108 valence electrons. The maximum Gasteiger partial charge on any atom is 0.322 e. The van der Waals surface area contributed by atoms with Crippen molar-refractivity contribution < 1.29 is 4.74 Å². The van der Waals surface area contributed by atoms with E-state index in [1.807, 2.05) is 27.7 Å². The van der Waals surface area contributed by atoms with E-state index in [0.29, 0.717) is 5.95 Å². The molecule has 0 spiro atoms. The molecule has 0 atom stereocenters. The van der Waals surface area contributed by atoms with Crippen LogP contribution in [0.25, 0.3) is 5.95 Å². The molecular formula is C13H18ClN5O. The molecule has 0 N–H and O–H groups in total. The van der Waals surface area contributed by atoms with E-state index >= 15 is 0 Å². The van der Waals surface area contributed by atoms with Gasteiger partial charge in [0.2, 0.25) is 5.28 Å². The van der Waals surface area contributed by atoms with E-state index in [0.717, 1.165) is 17.8 Å². The molecule has 0 aliphatic carbocycles. The van der Waals surface area contributed by atoms with Gasteiger partial charge in [0.05, 0.1) is 11.8 Å². The monoisotopic (exact) mass is 295 g/mol. The SMILES string of the molecule is CCc1c(C)nn(-c2nc(Cl)nc(OC(C)C)n2)c1C. The van der Waals surface area contributed by atoms with Crippen LogP contribution in [0.5, 0.6) is 6.01 Å². The summed E-state index contributed by atoms with van der Waals surface area (Å²) in [4.78, 5) is 12.3. The second kappa shape index (κ2) is 5.75. The van der Waals surface area contributed by atoms with Gasteiger partial charge in [-0.25, -0.2) is 4.68 Å². The number of ether oxygens (including phenoxy) is 1. The highest BCUT2D eigenvalue weighted by atomic mass is 35.5. The van der Waals surface area contributed by atoms with Crippen molar-refractivity contribution in [3.8, 4) is 12.0 Å². The molecular weight excluding hydrogens is 278 g/mol. The summed E-state index contributed by atoms with van der Waals surface area (Å²) >= 11 is 5.93. The first kappa shape index (κ1) is 14.7. The van der Waals surface area contributed by atoms with Gasteiger partial charge in [-0.2, -0.15) is 20.1 Å². The molecule has 0 aliphatic rings. The largest absolute Gasteiger partial charge is 0.461 e. The van der Waals surface area contributed by atoms with E-state index < -0.39 is 0 Å². The number of aromatic nitrogens is 5. The fraction of sp³-hybridized carbons (Fsp3) is 0.538. The maximum atomic E-state index is 5.93. The summed E-state index contributed by atoms with van der Waals surface area (Å²) in [5, 5.41) is 4.56. The van der Waals surface area contributed by atoms with Gasteiger partial charge < -0.3 is 4.74 Å². The van der Waals surface area contributed by atoms with Crippen molar-refractivity contribution in [2.24, 2.45) is 0 Å². The number of hydrogen-bond donors (Lipinski definition) is 0. The Bertz CT molecular complexity index is 623. The number of halogens is 1. The van der Waals surface area contributed by atoms with Crippen LogP contribution in [0.4, 0.5) is 0 Å². The van der Waals surface area contributed by atoms with Crippen molar-refractivity contribution >= 4 is 11.6 Å². The van der Waals surface area contributed by atoms with Gasteiger partial charge in [-0.15, -0.1) is 0 Å². The Kier molecular flexibility index (Phi) is 4.23. The lowest BCUT2D eigenvalue weighted by Crippen LogP contribution is -2.12. The molecule has 0 aromatic carbocycles. The van der Waals surface area contributed by atoms with Gasteiger partial charge >= 0.3 is 6.01 Å². The van der Waals surface area contributed by atoms with Crippen molar-refractivity contribution in [2.45, 2.75) is 47.1 Å². The second-order valence-electron chi connectivity index (χ2n) is 4.77. The number of aryl methyl sites for hydroxylation is 1. The number of rotatable bonds is 4. The third-order valence-electron chi connectivity index (χ3n) is 2.90. The van der Waals surface area contributed by atoms with Gasteiger partial charge in [0.25, 0.3) is 5.95 Å². The Morgan fingerprint density at radius 1 is 1.20 bits per heavy atom. The van der Waals surface area contributed by atoms with Crippen LogP contribution in [0.2, 0.25) is 5.28 Å². The molecule has 0 bridgehead atoms. The van der Waals surface area contributed by atoms with Crippen molar-refractivity contribution in [2.75, 3.05) is 0 Å². The molecule has 0 saturated heterocycles. The van der Waals surface area contributed by atoms with E-state index in [4.69, 9.17) is 16.3 Å². The lowest BCUT2D eigenvalue weighted by atomic mass is 10.1. The standard InChI is InChI=1S/C13H18ClN5O/c1-6-10-8(4)18-19(9(10)5)12-15-11(14)16-13(17-12)20-7(2)3/h7H,6H2,1-5H3. The summed E-state index contributed by atoms with van der Waals surface area (Å²) in [6.45, 7) is 9.84. The summed E-state index contributed by atoms with van der Waals surface area (Å²) in [7, 11) is 0. The molecule has 0 radical (unpaired) electrons.